The highest BCUT2D eigenvalue weighted by Gasteiger charge is 2.39. The molecule has 3 heterocycles. The molecular weight excluding hydrogens is 368 g/mol. The Morgan fingerprint density at radius 1 is 1.30 bits per heavy atom. The van der Waals surface area contributed by atoms with E-state index in [0.717, 1.165) is 12.0 Å². The molecule has 1 aromatic carbocycles. The fourth-order valence-electron chi connectivity index (χ4n) is 3.55. The van der Waals surface area contributed by atoms with Crippen molar-refractivity contribution in [2.24, 2.45) is 0 Å². The van der Waals surface area contributed by atoms with Crippen LogP contribution in [0.3, 0.4) is 0 Å². The molecule has 1 fully saturated rings. The number of carbonyl (C=O) groups excluding carboxylic acids is 1. The quantitative estimate of drug-likeness (QED) is 0.860. The van der Waals surface area contributed by atoms with E-state index in [1.165, 1.54) is 4.31 Å². The van der Waals surface area contributed by atoms with E-state index in [-0.39, 0.29) is 16.7 Å². The lowest BCUT2D eigenvalue weighted by atomic mass is 10.0. The Morgan fingerprint density at radius 3 is 2.85 bits per heavy atom. The molecule has 4 rings (SSSR count). The van der Waals surface area contributed by atoms with Gasteiger partial charge in [0.1, 0.15) is 6.04 Å². The third-order valence-corrected chi connectivity index (χ3v) is 6.95. The van der Waals surface area contributed by atoms with Gasteiger partial charge in [-0.3, -0.25) is 4.79 Å². The largest absolute Gasteiger partial charge is 0.338 e. The Balaban J connectivity index is 1.65. The number of benzene rings is 1. The summed E-state index contributed by atoms with van der Waals surface area (Å²) in [4.78, 5) is 16.1. The van der Waals surface area contributed by atoms with Gasteiger partial charge in [0.25, 0.3) is 0 Å². The number of sulfonamides is 1. The third-order valence-electron chi connectivity index (χ3n) is 5.04. The topological polar surface area (TPSA) is 105 Å². The molecule has 1 atom stereocenters. The summed E-state index contributed by atoms with van der Waals surface area (Å²) >= 11 is 0. The van der Waals surface area contributed by atoms with E-state index in [0.29, 0.717) is 43.2 Å². The molecule has 0 spiro atoms. The number of aryl methyl sites for hydroxylation is 1. The lowest BCUT2D eigenvalue weighted by Gasteiger charge is -2.23. The lowest BCUT2D eigenvalue weighted by Crippen LogP contribution is -2.31. The van der Waals surface area contributed by atoms with Gasteiger partial charge in [-0.15, -0.1) is 0 Å². The summed E-state index contributed by atoms with van der Waals surface area (Å²) < 4.78 is 33.3. The van der Waals surface area contributed by atoms with Crippen molar-refractivity contribution in [1.29, 1.82) is 0 Å². The van der Waals surface area contributed by atoms with Crippen molar-refractivity contribution in [3.63, 3.8) is 0 Å². The molecular formula is C18H22N4O4S. The second-order valence-corrected chi connectivity index (χ2v) is 9.18. The van der Waals surface area contributed by atoms with Crippen molar-refractivity contribution in [2.45, 2.75) is 56.4 Å². The highest BCUT2D eigenvalue weighted by atomic mass is 32.2. The van der Waals surface area contributed by atoms with Gasteiger partial charge >= 0.3 is 0 Å². The zero-order valence-electron chi connectivity index (χ0n) is 15.3. The number of rotatable bonds is 4. The summed E-state index contributed by atoms with van der Waals surface area (Å²) in [7, 11) is -3.70. The molecule has 0 aliphatic carbocycles. The van der Waals surface area contributed by atoms with Gasteiger partial charge < -0.3 is 9.84 Å². The van der Waals surface area contributed by atoms with Crippen LogP contribution in [0.5, 0.6) is 0 Å². The van der Waals surface area contributed by atoms with Crippen molar-refractivity contribution in [3.05, 3.63) is 35.5 Å². The van der Waals surface area contributed by atoms with Crippen LogP contribution in [0, 0.1) is 0 Å². The molecule has 8 nitrogen and oxygen atoms in total. The molecule has 1 unspecified atom stereocenters. The van der Waals surface area contributed by atoms with Crippen LogP contribution >= 0.6 is 0 Å². The van der Waals surface area contributed by atoms with Gasteiger partial charge in [-0.1, -0.05) is 19.0 Å². The van der Waals surface area contributed by atoms with Crippen molar-refractivity contribution in [2.75, 3.05) is 11.9 Å². The number of fused-ring (bicyclic) bond motifs is 1. The highest BCUT2D eigenvalue weighted by Crippen LogP contribution is 2.37. The molecule has 0 saturated carbocycles. The third kappa shape index (κ3) is 3.25. The molecule has 1 N–H and O–H groups in total. The van der Waals surface area contributed by atoms with Crippen molar-refractivity contribution in [1.82, 2.24) is 14.4 Å². The number of nitrogens with one attached hydrogen (secondary N) is 1. The number of nitrogens with zero attached hydrogens (tertiary/aromatic N) is 3. The van der Waals surface area contributed by atoms with E-state index in [1.807, 2.05) is 13.8 Å². The smallest absolute Gasteiger partial charge is 0.245 e. The van der Waals surface area contributed by atoms with E-state index < -0.39 is 16.1 Å². The first kappa shape index (κ1) is 18.1. The molecule has 27 heavy (non-hydrogen) atoms. The van der Waals surface area contributed by atoms with Crippen LogP contribution < -0.4 is 5.32 Å². The number of anilines is 1. The summed E-state index contributed by atoms with van der Waals surface area (Å²) in [5, 5.41) is 6.74. The zero-order chi connectivity index (χ0) is 19.2. The molecule has 0 bridgehead atoms. The van der Waals surface area contributed by atoms with Crippen LogP contribution in [0.2, 0.25) is 0 Å². The zero-order valence-corrected chi connectivity index (χ0v) is 16.1. The predicted octanol–water partition coefficient (Wildman–Crippen LogP) is 2.60. The first-order valence-corrected chi connectivity index (χ1v) is 10.6. The molecule has 1 amide bonds. The van der Waals surface area contributed by atoms with Gasteiger partial charge in [0.15, 0.2) is 5.82 Å². The summed E-state index contributed by atoms with van der Waals surface area (Å²) in [6, 6.07) is 4.43. The monoisotopic (exact) mass is 390 g/mol. The van der Waals surface area contributed by atoms with E-state index in [2.05, 4.69) is 15.5 Å². The van der Waals surface area contributed by atoms with Gasteiger partial charge in [-0.25, -0.2) is 8.42 Å². The minimum atomic E-state index is -3.70. The second kappa shape index (κ2) is 6.72. The number of hydrogen-bond acceptors (Lipinski definition) is 6. The second-order valence-electron chi connectivity index (χ2n) is 7.29. The summed E-state index contributed by atoms with van der Waals surface area (Å²) in [5.41, 5.74) is 1.52. The Hall–Kier alpha value is -2.26. The predicted molar refractivity (Wildman–Crippen MR) is 97.6 cm³/mol. The molecule has 1 aromatic heterocycles. The molecule has 2 aromatic rings. The van der Waals surface area contributed by atoms with Gasteiger partial charge in [-0.05, 0) is 43.0 Å². The summed E-state index contributed by atoms with van der Waals surface area (Å²) in [6.45, 7) is 4.34. The molecule has 2 aliphatic heterocycles. The van der Waals surface area contributed by atoms with Gasteiger partial charge in [0, 0.05) is 24.6 Å². The van der Waals surface area contributed by atoms with Crippen LogP contribution in [0.15, 0.2) is 27.6 Å². The standard InChI is InChI=1S/C18H22N4O4S/c1-11(2)17-20-18(26-21-17)15-4-3-9-22(15)27(24,25)13-6-7-14-12(10-13)5-8-16(23)19-14/h6-7,10-11,15H,3-5,8-9H2,1-2H3,(H,19,23). The fraction of sp³-hybridized carbons (Fsp3) is 0.500. The SMILES string of the molecule is CC(C)c1noc(C2CCCN2S(=O)(=O)c2ccc3c(c2)CCC(=O)N3)n1. The number of carbonyl (C=O) groups is 1. The minimum Gasteiger partial charge on any atom is -0.338 e. The van der Waals surface area contributed by atoms with Crippen molar-refractivity contribution >= 4 is 21.6 Å². The maximum absolute atomic E-state index is 13.3. The van der Waals surface area contributed by atoms with E-state index >= 15 is 0 Å². The van der Waals surface area contributed by atoms with E-state index in [4.69, 9.17) is 4.52 Å². The molecule has 9 heteroatoms. The van der Waals surface area contributed by atoms with E-state index in [9.17, 15) is 13.2 Å². The van der Waals surface area contributed by atoms with Gasteiger partial charge in [-0.2, -0.15) is 9.29 Å². The normalized spacial score (nSPS) is 20.7. The average Bonchev–Trinajstić information content (AvgIpc) is 3.30. The Labute approximate surface area is 158 Å². The average molecular weight is 390 g/mol. The van der Waals surface area contributed by atoms with Crippen molar-refractivity contribution < 1.29 is 17.7 Å². The maximum atomic E-state index is 13.3. The first-order chi connectivity index (χ1) is 12.9. The van der Waals surface area contributed by atoms with Gasteiger partial charge in [0.05, 0.1) is 4.90 Å². The number of hydrogen-bond donors (Lipinski definition) is 1. The van der Waals surface area contributed by atoms with Crippen LogP contribution in [0.25, 0.3) is 0 Å². The molecule has 2 aliphatic rings. The maximum Gasteiger partial charge on any atom is 0.245 e. The van der Waals surface area contributed by atoms with E-state index in [1.54, 1.807) is 18.2 Å². The Kier molecular flexibility index (Phi) is 4.51. The van der Waals surface area contributed by atoms with Crippen molar-refractivity contribution in [3.8, 4) is 0 Å². The fourth-order valence-corrected chi connectivity index (χ4v) is 5.25. The number of amides is 1. The number of aromatic nitrogens is 2. The molecule has 144 valence electrons. The van der Waals surface area contributed by atoms with Gasteiger partial charge in [0.2, 0.25) is 21.8 Å². The lowest BCUT2D eigenvalue weighted by molar-refractivity contribution is -0.116. The minimum absolute atomic E-state index is 0.0462. The molecule has 1 saturated heterocycles. The molecule has 0 radical (unpaired) electrons. The highest BCUT2D eigenvalue weighted by molar-refractivity contribution is 7.89. The summed E-state index contributed by atoms with van der Waals surface area (Å²) in [6.07, 6.45) is 2.29. The Bertz CT molecular complexity index is 983. The van der Waals surface area contributed by atoms with Crippen LogP contribution in [0.4, 0.5) is 5.69 Å². The first-order valence-electron chi connectivity index (χ1n) is 9.14. The Morgan fingerprint density at radius 2 is 2.11 bits per heavy atom. The van der Waals surface area contributed by atoms with Crippen LogP contribution in [0.1, 0.15) is 62.3 Å². The van der Waals surface area contributed by atoms with Crippen LogP contribution in [-0.4, -0.2) is 35.3 Å². The van der Waals surface area contributed by atoms with Crippen LogP contribution in [-0.2, 0) is 21.2 Å². The summed E-state index contributed by atoms with van der Waals surface area (Å²) in [5.74, 6) is 1.00.